The van der Waals surface area contributed by atoms with Crippen molar-refractivity contribution in [2.75, 3.05) is 19.8 Å². The van der Waals surface area contributed by atoms with Gasteiger partial charge in [-0.2, -0.15) is 0 Å². The molecule has 0 aliphatic carbocycles. The van der Waals surface area contributed by atoms with E-state index in [1.807, 2.05) is 18.2 Å². The van der Waals surface area contributed by atoms with Crippen LogP contribution in [0.1, 0.15) is 18.4 Å². The Bertz CT molecular complexity index is 1230. The Kier molecular flexibility index (Phi) is 7.20. The van der Waals surface area contributed by atoms with E-state index in [1.165, 1.54) is 23.9 Å². The number of nitrogens with zero attached hydrogens (tertiary/aromatic N) is 2. The van der Waals surface area contributed by atoms with Gasteiger partial charge in [0.25, 0.3) is 5.91 Å². The molecular weight excluding hydrogens is 458 g/mol. The Labute approximate surface area is 197 Å². The first kappa shape index (κ1) is 23.8. The minimum absolute atomic E-state index is 0.0110. The van der Waals surface area contributed by atoms with Crippen LogP contribution in [-0.2, 0) is 25.8 Å². The van der Waals surface area contributed by atoms with Gasteiger partial charge >= 0.3 is 0 Å². The average Bonchev–Trinajstić information content (AvgIpc) is 2.89. The van der Waals surface area contributed by atoms with Gasteiger partial charge in [0.15, 0.2) is 14.6 Å². The van der Waals surface area contributed by atoms with E-state index in [9.17, 15) is 13.2 Å². The fourth-order valence-corrected chi connectivity index (χ4v) is 5.94. The van der Waals surface area contributed by atoms with Gasteiger partial charge in [-0.15, -0.1) is 0 Å². The number of hydrogen-bond acceptors (Lipinski definition) is 8. The number of benzene rings is 2. The maximum atomic E-state index is 13.3. The highest BCUT2D eigenvalue weighted by Crippen LogP contribution is 2.35. The maximum Gasteiger partial charge on any atom is 0.265 e. The van der Waals surface area contributed by atoms with E-state index < -0.39 is 20.5 Å². The molecule has 1 aliphatic rings. The highest BCUT2D eigenvalue weighted by atomic mass is 32.2. The normalized spacial score (nSPS) is 15.4. The first-order chi connectivity index (χ1) is 16.5. The third kappa shape index (κ3) is 4.79. The fourth-order valence-electron chi connectivity index (χ4n) is 4.00. The van der Waals surface area contributed by atoms with Crippen LogP contribution in [0.15, 0.2) is 72.1 Å². The fraction of sp³-hybridized carbons (Fsp3) is 0.292. The van der Waals surface area contributed by atoms with Crippen molar-refractivity contribution in [3.63, 3.8) is 0 Å². The summed E-state index contributed by atoms with van der Waals surface area (Å²) in [5.41, 5.74) is 4.54. The molecule has 1 saturated heterocycles. The van der Waals surface area contributed by atoms with Crippen molar-refractivity contribution in [1.29, 1.82) is 0 Å². The molecule has 0 atom stereocenters. The Morgan fingerprint density at radius 1 is 1.06 bits per heavy atom. The highest BCUT2D eigenvalue weighted by molar-refractivity contribution is 7.93. The lowest BCUT2D eigenvalue weighted by Gasteiger charge is -2.34. The lowest BCUT2D eigenvalue weighted by Crippen LogP contribution is -2.54. The second-order valence-corrected chi connectivity index (χ2v) is 10.2. The van der Waals surface area contributed by atoms with Crippen LogP contribution in [0.4, 0.5) is 0 Å². The van der Waals surface area contributed by atoms with E-state index in [4.69, 9.17) is 14.7 Å². The summed E-state index contributed by atoms with van der Waals surface area (Å²) in [6.07, 6.45) is 5.59. The quantitative estimate of drug-likeness (QED) is 0.370. The van der Waals surface area contributed by atoms with Crippen molar-refractivity contribution in [3.8, 4) is 16.9 Å². The summed E-state index contributed by atoms with van der Waals surface area (Å²) in [7, 11) is -4.06. The molecule has 2 heterocycles. The summed E-state index contributed by atoms with van der Waals surface area (Å²) in [5.74, 6) is -0.431. The van der Waals surface area contributed by atoms with Crippen molar-refractivity contribution in [1.82, 2.24) is 15.4 Å². The topological polar surface area (TPSA) is 128 Å². The molecule has 3 aromatic rings. The first-order valence-electron chi connectivity index (χ1n) is 10.8. The van der Waals surface area contributed by atoms with Crippen molar-refractivity contribution < 1.29 is 27.9 Å². The molecule has 0 radical (unpaired) electrons. The van der Waals surface area contributed by atoms with Gasteiger partial charge in [-0.25, -0.2) is 23.9 Å². The van der Waals surface area contributed by atoms with Gasteiger partial charge in [0.05, 0.1) is 11.5 Å². The molecule has 1 aromatic heterocycles. The van der Waals surface area contributed by atoms with Crippen molar-refractivity contribution in [3.05, 3.63) is 72.8 Å². The number of hydroxylamine groups is 1. The van der Waals surface area contributed by atoms with Crippen LogP contribution in [0.2, 0.25) is 0 Å². The predicted molar refractivity (Wildman–Crippen MR) is 123 cm³/mol. The van der Waals surface area contributed by atoms with Gasteiger partial charge in [0, 0.05) is 37.6 Å². The number of hydrogen-bond donors (Lipinski definition) is 2. The second kappa shape index (κ2) is 10.3. The molecule has 2 N–H and O–H groups in total. The van der Waals surface area contributed by atoms with Crippen molar-refractivity contribution in [2.24, 2.45) is 0 Å². The van der Waals surface area contributed by atoms with Crippen LogP contribution in [0, 0.1) is 0 Å². The van der Waals surface area contributed by atoms with Crippen molar-refractivity contribution >= 4 is 15.7 Å². The molecule has 10 heteroatoms. The number of carbonyl (C=O) groups excluding carboxylic acids is 1. The van der Waals surface area contributed by atoms with Crippen LogP contribution in [0.25, 0.3) is 11.1 Å². The second-order valence-electron chi connectivity index (χ2n) is 7.95. The lowest BCUT2D eigenvalue weighted by atomic mass is 9.98. The van der Waals surface area contributed by atoms with E-state index in [0.717, 1.165) is 16.7 Å². The summed E-state index contributed by atoms with van der Waals surface area (Å²) in [6, 6.07) is 14.0. The number of nitrogens with one attached hydrogen (secondary N) is 1. The average molecular weight is 484 g/mol. The summed E-state index contributed by atoms with van der Waals surface area (Å²) < 4.78 is 35.9. The Morgan fingerprint density at radius 2 is 1.76 bits per heavy atom. The van der Waals surface area contributed by atoms with Crippen molar-refractivity contribution in [2.45, 2.75) is 28.9 Å². The van der Waals surface area contributed by atoms with Gasteiger partial charge in [0.1, 0.15) is 12.1 Å². The zero-order valence-electron chi connectivity index (χ0n) is 18.4. The van der Waals surface area contributed by atoms with Crippen LogP contribution < -0.4 is 10.2 Å². The minimum Gasteiger partial charge on any atom is -0.493 e. The molecule has 0 unspecified atom stereocenters. The Balaban J connectivity index is 1.42. The molecule has 4 rings (SSSR count). The highest BCUT2D eigenvalue weighted by Gasteiger charge is 2.52. The molecule has 2 aromatic carbocycles. The largest absolute Gasteiger partial charge is 0.493 e. The van der Waals surface area contributed by atoms with E-state index in [2.05, 4.69) is 16.0 Å². The summed E-state index contributed by atoms with van der Waals surface area (Å²) in [6.45, 7) is 0.633. The number of sulfone groups is 1. The molecule has 1 amide bonds. The molecule has 9 nitrogen and oxygen atoms in total. The minimum atomic E-state index is -4.06. The molecule has 1 aliphatic heterocycles. The van der Waals surface area contributed by atoms with Gasteiger partial charge < -0.3 is 9.47 Å². The number of aromatic nitrogens is 2. The van der Waals surface area contributed by atoms with Gasteiger partial charge in [-0.1, -0.05) is 24.3 Å². The van der Waals surface area contributed by atoms with Gasteiger partial charge in [0.2, 0.25) is 0 Å². The Hall–Kier alpha value is -3.34. The summed E-state index contributed by atoms with van der Waals surface area (Å²) in [4.78, 5) is 20.4. The van der Waals surface area contributed by atoms with E-state index in [0.29, 0.717) is 18.8 Å². The lowest BCUT2D eigenvalue weighted by molar-refractivity contribution is -0.134. The van der Waals surface area contributed by atoms with E-state index in [-0.39, 0.29) is 31.0 Å². The van der Waals surface area contributed by atoms with E-state index in [1.54, 1.807) is 24.5 Å². The molecule has 0 bridgehead atoms. The van der Waals surface area contributed by atoms with Crippen LogP contribution in [-0.4, -0.2) is 54.1 Å². The monoisotopic (exact) mass is 483 g/mol. The molecule has 1 fully saturated rings. The van der Waals surface area contributed by atoms with Crippen LogP contribution >= 0.6 is 0 Å². The summed E-state index contributed by atoms with van der Waals surface area (Å²) in [5, 5.41) is 9.15. The zero-order valence-corrected chi connectivity index (χ0v) is 19.2. The third-order valence-corrected chi connectivity index (χ3v) is 8.46. The summed E-state index contributed by atoms with van der Waals surface area (Å²) >= 11 is 0. The maximum absolute atomic E-state index is 13.3. The predicted octanol–water partition coefficient (Wildman–Crippen LogP) is 2.59. The van der Waals surface area contributed by atoms with E-state index >= 15 is 0 Å². The van der Waals surface area contributed by atoms with Gasteiger partial charge in [-0.05, 0) is 48.2 Å². The SMILES string of the molecule is O=C(NO)C1(S(=O)(=O)c2ccc(OCCc3cccc(-c4cncnc4)c3)cc2)CCOCC1. The third-order valence-electron chi connectivity index (χ3n) is 5.94. The number of amides is 1. The molecule has 178 valence electrons. The van der Waals surface area contributed by atoms with Gasteiger partial charge in [-0.3, -0.25) is 10.0 Å². The first-order valence-corrected chi connectivity index (χ1v) is 12.3. The molecule has 0 saturated carbocycles. The molecule has 34 heavy (non-hydrogen) atoms. The number of rotatable bonds is 8. The number of carbonyl (C=O) groups is 1. The molecular formula is C24H25N3O6S. The van der Waals surface area contributed by atoms with Crippen LogP contribution in [0.5, 0.6) is 5.75 Å². The zero-order chi connectivity index (χ0) is 24.0. The van der Waals surface area contributed by atoms with Crippen LogP contribution in [0.3, 0.4) is 0 Å². The standard InChI is InChI=1S/C24H25N3O6S/c28-23(27-29)24(9-12-32-13-10-24)34(30,31)22-6-4-21(5-7-22)33-11-8-18-2-1-3-19(14-18)20-15-25-17-26-16-20/h1-7,14-17,29H,8-13H2,(H,27,28). The number of ether oxygens (including phenoxy) is 2. The Morgan fingerprint density at radius 3 is 2.44 bits per heavy atom. The molecule has 0 spiro atoms. The smallest absolute Gasteiger partial charge is 0.265 e.